The topological polar surface area (TPSA) is 63.6 Å². The summed E-state index contributed by atoms with van der Waals surface area (Å²) in [5.41, 5.74) is 1.44. The second kappa shape index (κ2) is 8.72. The monoisotopic (exact) mass is 448 g/mol. The standard InChI is InChI=1S/C29H36O4/c1-18-11-13-22-23(28(22,4)5)16-19(2)27(32)29(17-20(3)26(31)24(29)15-18)33-25(30)14-12-21-9-7-6-8-10-21/h6-10,12,14-16,20,22-24,26,31H,11,13,17H2,1-5H3/b14-12+,18-15+,19-16+/t20-,22-,23+,24-,26-,29+/m0/s1. The van der Waals surface area contributed by atoms with Crippen LogP contribution in [-0.4, -0.2) is 28.6 Å². The van der Waals surface area contributed by atoms with Gasteiger partial charge in [0.2, 0.25) is 5.78 Å². The summed E-state index contributed by atoms with van der Waals surface area (Å²) in [6.45, 7) is 10.3. The Labute approximate surface area is 197 Å². The Kier molecular flexibility index (Phi) is 6.26. The highest BCUT2D eigenvalue weighted by atomic mass is 16.6. The second-order valence-corrected chi connectivity index (χ2v) is 10.9. The fourth-order valence-corrected chi connectivity index (χ4v) is 6.06. The zero-order valence-electron chi connectivity index (χ0n) is 20.4. The lowest BCUT2D eigenvalue weighted by atomic mass is 9.81. The molecule has 0 aliphatic heterocycles. The number of carbonyl (C=O) groups excluding carboxylic acids is 2. The van der Waals surface area contributed by atoms with Crippen molar-refractivity contribution in [2.45, 2.75) is 65.6 Å². The van der Waals surface area contributed by atoms with Crippen molar-refractivity contribution in [3.8, 4) is 0 Å². The van der Waals surface area contributed by atoms with Crippen LogP contribution in [0.15, 0.2) is 59.7 Å². The molecular weight excluding hydrogens is 412 g/mol. The van der Waals surface area contributed by atoms with Crippen LogP contribution < -0.4 is 0 Å². The molecule has 0 saturated heterocycles. The second-order valence-electron chi connectivity index (χ2n) is 10.9. The van der Waals surface area contributed by atoms with Gasteiger partial charge < -0.3 is 9.84 Å². The fraction of sp³-hybridized carbons (Fsp3) is 0.517. The molecule has 0 bridgehead atoms. The molecule has 33 heavy (non-hydrogen) atoms. The Bertz CT molecular complexity index is 1020. The van der Waals surface area contributed by atoms with Gasteiger partial charge in [-0.3, -0.25) is 4.79 Å². The first-order chi connectivity index (χ1) is 15.6. The molecule has 4 nitrogen and oxygen atoms in total. The average molecular weight is 449 g/mol. The Morgan fingerprint density at radius 2 is 1.82 bits per heavy atom. The minimum atomic E-state index is -1.39. The lowest BCUT2D eigenvalue weighted by Crippen LogP contribution is -2.48. The molecule has 4 heteroatoms. The van der Waals surface area contributed by atoms with Gasteiger partial charge in [0.05, 0.1) is 12.0 Å². The molecule has 4 rings (SSSR count). The summed E-state index contributed by atoms with van der Waals surface area (Å²) in [6.07, 6.45) is 8.72. The quantitative estimate of drug-likeness (QED) is 0.375. The number of rotatable bonds is 3. The molecule has 2 saturated carbocycles. The summed E-state index contributed by atoms with van der Waals surface area (Å²) >= 11 is 0. The molecule has 3 aliphatic rings. The van der Waals surface area contributed by atoms with Crippen LogP contribution in [-0.2, 0) is 14.3 Å². The van der Waals surface area contributed by atoms with Gasteiger partial charge in [0.1, 0.15) is 0 Å². The number of ketones is 1. The summed E-state index contributed by atoms with van der Waals surface area (Å²) < 4.78 is 6.05. The van der Waals surface area contributed by atoms with Crippen LogP contribution in [0.4, 0.5) is 0 Å². The van der Waals surface area contributed by atoms with E-state index in [9.17, 15) is 14.7 Å². The number of hydrogen-bond acceptors (Lipinski definition) is 4. The van der Waals surface area contributed by atoms with Crippen molar-refractivity contribution in [1.82, 2.24) is 0 Å². The lowest BCUT2D eigenvalue weighted by molar-refractivity contribution is -0.165. The molecule has 6 atom stereocenters. The Hall–Kier alpha value is -2.46. The number of esters is 1. The number of benzene rings is 1. The maximum atomic E-state index is 14.0. The number of fused-ring (bicyclic) bond motifs is 2. The number of allylic oxidation sites excluding steroid dienone is 2. The number of hydrogen-bond donors (Lipinski definition) is 1. The molecule has 1 N–H and O–H groups in total. The Morgan fingerprint density at radius 3 is 2.52 bits per heavy atom. The highest BCUT2D eigenvalue weighted by molar-refractivity contribution is 6.04. The molecule has 0 aromatic heterocycles. The van der Waals surface area contributed by atoms with E-state index in [1.165, 1.54) is 6.08 Å². The molecule has 3 aliphatic carbocycles. The van der Waals surface area contributed by atoms with Gasteiger partial charge >= 0.3 is 5.97 Å². The molecule has 1 aromatic carbocycles. The van der Waals surface area contributed by atoms with Crippen molar-refractivity contribution in [2.75, 3.05) is 0 Å². The van der Waals surface area contributed by atoms with E-state index in [1.807, 2.05) is 50.3 Å². The fourth-order valence-electron chi connectivity index (χ4n) is 6.06. The van der Waals surface area contributed by atoms with Gasteiger partial charge in [-0.2, -0.15) is 0 Å². The average Bonchev–Trinajstić information content (AvgIpc) is 3.21. The molecule has 2 fully saturated rings. The van der Waals surface area contributed by atoms with E-state index in [0.29, 0.717) is 23.8 Å². The minimum Gasteiger partial charge on any atom is -0.447 e. The normalized spacial score (nSPS) is 38.8. The van der Waals surface area contributed by atoms with Gasteiger partial charge in [-0.05, 0) is 67.1 Å². The number of ether oxygens (including phenoxy) is 1. The predicted molar refractivity (Wildman–Crippen MR) is 130 cm³/mol. The molecule has 0 heterocycles. The maximum absolute atomic E-state index is 14.0. The lowest BCUT2D eigenvalue weighted by Gasteiger charge is -2.33. The van der Waals surface area contributed by atoms with Crippen molar-refractivity contribution in [3.05, 3.63) is 65.3 Å². The maximum Gasteiger partial charge on any atom is 0.331 e. The van der Waals surface area contributed by atoms with Gasteiger partial charge in [0, 0.05) is 12.5 Å². The molecule has 0 amide bonds. The highest BCUT2D eigenvalue weighted by Gasteiger charge is 2.60. The largest absolute Gasteiger partial charge is 0.447 e. The molecular formula is C29H36O4. The number of aliphatic hydroxyl groups is 1. The van der Waals surface area contributed by atoms with E-state index in [4.69, 9.17) is 4.74 Å². The van der Waals surface area contributed by atoms with Gasteiger partial charge in [-0.15, -0.1) is 0 Å². The van der Waals surface area contributed by atoms with Crippen LogP contribution >= 0.6 is 0 Å². The van der Waals surface area contributed by atoms with Crippen LogP contribution in [0, 0.1) is 29.1 Å². The zero-order valence-corrected chi connectivity index (χ0v) is 20.4. The van der Waals surface area contributed by atoms with Gasteiger partial charge in [0.15, 0.2) is 5.60 Å². The third-order valence-electron chi connectivity index (χ3n) is 8.23. The number of Topliss-reactive ketones (excluding diaryl/α,β-unsaturated/α-hetero) is 1. The van der Waals surface area contributed by atoms with Crippen LogP contribution in [0.25, 0.3) is 6.08 Å². The SMILES string of the molecule is C/C1=C\[C@H]2[C@@H](O)[C@@H](C)C[C@]2(OC(=O)/C=C/c2ccccc2)C(=O)/C(C)=C/[C@@H]2[C@H](CC1)C2(C)C. The third kappa shape index (κ3) is 4.38. The van der Waals surface area contributed by atoms with Crippen LogP contribution in [0.1, 0.15) is 59.4 Å². The van der Waals surface area contributed by atoms with Crippen molar-refractivity contribution in [2.24, 2.45) is 29.1 Å². The van der Waals surface area contributed by atoms with E-state index in [-0.39, 0.29) is 17.1 Å². The van der Waals surface area contributed by atoms with E-state index in [1.54, 1.807) is 6.08 Å². The summed E-state index contributed by atoms with van der Waals surface area (Å²) in [4.78, 5) is 26.9. The van der Waals surface area contributed by atoms with Gasteiger partial charge in [-0.25, -0.2) is 4.79 Å². The smallest absolute Gasteiger partial charge is 0.331 e. The molecule has 176 valence electrons. The first kappa shape index (κ1) is 23.7. The van der Waals surface area contributed by atoms with Crippen molar-refractivity contribution in [3.63, 3.8) is 0 Å². The van der Waals surface area contributed by atoms with Crippen LogP contribution in [0.5, 0.6) is 0 Å². The highest BCUT2D eigenvalue weighted by Crippen LogP contribution is 2.62. The number of carbonyl (C=O) groups is 2. The van der Waals surface area contributed by atoms with Gasteiger partial charge in [-0.1, -0.05) is 68.8 Å². The van der Waals surface area contributed by atoms with E-state index in [2.05, 4.69) is 26.8 Å². The molecule has 0 spiro atoms. The third-order valence-corrected chi connectivity index (χ3v) is 8.23. The van der Waals surface area contributed by atoms with Crippen LogP contribution in [0.3, 0.4) is 0 Å². The first-order valence-corrected chi connectivity index (χ1v) is 12.1. The summed E-state index contributed by atoms with van der Waals surface area (Å²) in [6, 6.07) is 9.51. The van der Waals surface area contributed by atoms with Crippen LogP contribution in [0.2, 0.25) is 0 Å². The minimum absolute atomic E-state index is 0.158. The van der Waals surface area contributed by atoms with Crippen molar-refractivity contribution >= 4 is 17.8 Å². The Balaban J connectivity index is 1.72. The number of aliphatic hydroxyl groups excluding tert-OH is 1. The predicted octanol–water partition coefficient (Wildman–Crippen LogP) is 5.53. The van der Waals surface area contributed by atoms with E-state index >= 15 is 0 Å². The zero-order chi connectivity index (χ0) is 24.0. The molecule has 0 radical (unpaired) electrons. The van der Waals surface area contributed by atoms with E-state index in [0.717, 1.165) is 24.0 Å². The Morgan fingerprint density at radius 1 is 1.12 bits per heavy atom. The molecule has 0 unspecified atom stereocenters. The van der Waals surface area contributed by atoms with Gasteiger partial charge in [0.25, 0.3) is 0 Å². The summed E-state index contributed by atoms with van der Waals surface area (Å²) in [7, 11) is 0. The summed E-state index contributed by atoms with van der Waals surface area (Å²) in [5, 5.41) is 11.1. The van der Waals surface area contributed by atoms with Crippen molar-refractivity contribution < 1.29 is 19.4 Å². The first-order valence-electron chi connectivity index (χ1n) is 12.1. The summed E-state index contributed by atoms with van der Waals surface area (Å²) in [5.74, 6) is -0.561. The van der Waals surface area contributed by atoms with E-state index < -0.39 is 23.6 Å². The van der Waals surface area contributed by atoms with Crippen molar-refractivity contribution in [1.29, 1.82) is 0 Å². The molecule has 1 aromatic rings.